The topological polar surface area (TPSA) is 20.2 Å². The first-order valence-corrected chi connectivity index (χ1v) is 8.82. The van der Waals surface area contributed by atoms with Crippen molar-refractivity contribution < 1.29 is 5.11 Å². The minimum atomic E-state index is 0.441. The van der Waals surface area contributed by atoms with Crippen LogP contribution in [0.5, 0.6) is 5.75 Å². The van der Waals surface area contributed by atoms with Crippen LogP contribution in [-0.4, -0.2) is 5.11 Å². The van der Waals surface area contributed by atoms with Gasteiger partial charge in [-0.15, -0.1) is 0 Å². The lowest BCUT2D eigenvalue weighted by Crippen LogP contribution is -2.41. The van der Waals surface area contributed by atoms with E-state index < -0.39 is 0 Å². The maximum atomic E-state index is 9.74. The quantitative estimate of drug-likeness (QED) is 0.700. The van der Waals surface area contributed by atoms with Gasteiger partial charge in [-0.3, -0.25) is 0 Å². The third kappa shape index (κ3) is 1.82. The van der Waals surface area contributed by atoms with Crippen LogP contribution in [0.4, 0.5) is 0 Å². The number of aryl methyl sites for hydroxylation is 1. The van der Waals surface area contributed by atoms with E-state index in [1.807, 2.05) is 12.1 Å². The molecule has 2 fully saturated rings. The molecule has 0 aromatic heterocycles. The van der Waals surface area contributed by atoms with Crippen LogP contribution in [0.3, 0.4) is 0 Å². The molecule has 3 aliphatic rings. The van der Waals surface area contributed by atoms with Gasteiger partial charge in [0, 0.05) is 0 Å². The van der Waals surface area contributed by atoms with Crippen LogP contribution in [0.25, 0.3) is 0 Å². The van der Waals surface area contributed by atoms with Gasteiger partial charge in [-0.1, -0.05) is 26.8 Å². The van der Waals surface area contributed by atoms with E-state index in [2.05, 4.69) is 26.8 Å². The molecule has 1 heteroatoms. The highest BCUT2D eigenvalue weighted by molar-refractivity contribution is 5.40. The predicted molar refractivity (Wildman–Crippen MR) is 86.4 cm³/mol. The Morgan fingerprint density at radius 1 is 1.19 bits per heavy atom. The Hall–Kier alpha value is -0.980. The predicted octanol–water partition coefficient (Wildman–Crippen LogP) is 5.13. The fourth-order valence-electron chi connectivity index (χ4n) is 6.18. The number of hydrogen-bond donors (Lipinski definition) is 1. The molecule has 1 aromatic rings. The molecular formula is C20H28O. The van der Waals surface area contributed by atoms with Crippen molar-refractivity contribution >= 4 is 0 Å². The third-order valence-corrected chi connectivity index (χ3v) is 7.67. The zero-order chi connectivity index (χ0) is 14.8. The normalized spacial score (nSPS) is 44.8. The molecule has 4 rings (SSSR count). The molecule has 0 radical (unpaired) electrons. The van der Waals surface area contributed by atoms with Crippen LogP contribution in [0.1, 0.15) is 63.5 Å². The number of fused-ring (bicyclic) bond motifs is 5. The SMILES string of the molecule is C[C@@H]1C[C@H]2[C@@H]3CCc4cc(O)ccc4[C@H]3CC[C@]2(C)[C@H]1C. The van der Waals surface area contributed by atoms with Crippen molar-refractivity contribution in [3.8, 4) is 5.75 Å². The summed E-state index contributed by atoms with van der Waals surface area (Å²) < 4.78 is 0. The molecule has 6 atom stereocenters. The van der Waals surface area contributed by atoms with Crippen molar-refractivity contribution in [3.63, 3.8) is 0 Å². The number of rotatable bonds is 0. The zero-order valence-electron chi connectivity index (χ0n) is 13.6. The van der Waals surface area contributed by atoms with Crippen LogP contribution in [0.2, 0.25) is 0 Å². The van der Waals surface area contributed by atoms with E-state index in [1.54, 1.807) is 5.56 Å². The Bertz CT molecular complexity index is 563. The average Bonchev–Trinajstić information content (AvgIpc) is 2.70. The fraction of sp³-hybridized carbons (Fsp3) is 0.700. The molecule has 0 bridgehead atoms. The van der Waals surface area contributed by atoms with Gasteiger partial charge in [0.25, 0.3) is 0 Å². The highest BCUT2D eigenvalue weighted by atomic mass is 16.3. The molecular weight excluding hydrogens is 256 g/mol. The summed E-state index contributed by atoms with van der Waals surface area (Å²) in [6.45, 7) is 7.55. The number of aromatic hydroxyl groups is 1. The van der Waals surface area contributed by atoms with E-state index in [0.29, 0.717) is 11.2 Å². The first-order valence-electron chi connectivity index (χ1n) is 8.82. The molecule has 3 aliphatic carbocycles. The average molecular weight is 284 g/mol. The van der Waals surface area contributed by atoms with Crippen molar-refractivity contribution in [3.05, 3.63) is 29.3 Å². The summed E-state index contributed by atoms with van der Waals surface area (Å²) in [5, 5.41) is 9.74. The molecule has 0 aliphatic heterocycles. The maximum Gasteiger partial charge on any atom is 0.115 e. The maximum absolute atomic E-state index is 9.74. The van der Waals surface area contributed by atoms with Crippen molar-refractivity contribution in [2.45, 2.75) is 58.8 Å². The van der Waals surface area contributed by atoms with Crippen LogP contribution in [0, 0.1) is 29.1 Å². The number of benzene rings is 1. The molecule has 1 aromatic carbocycles. The summed E-state index contributed by atoms with van der Waals surface area (Å²) in [7, 11) is 0. The molecule has 0 unspecified atom stereocenters. The Balaban J connectivity index is 1.71. The lowest BCUT2D eigenvalue weighted by molar-refractivity contribution is 0.0319. The highest BCUT2D eigenvalue weighted by Crippen LogP contribution is 2.64. The van der Waals surface area contributed by atoms with Crippen molar-refractivity contribution in [2.75, 3.05) is 0 Å². The third-order valence-electron chi connectivity index (χ3n) is 7.67. The molecule has 0 heterocycles. The minimum Gasteiger partial charge on any atom is -0.508 e. The summed E-state index contributed by atoms with van der Waals surface area (Å²) in [5.41, 5.74) is 3.55. The lowest BCUT2D eigenvalue weighted by atomic mass is 9.54. The number of phenols is 1. The largest absolute Gasteiger partial charge is 0.508 e. The van der Waals surface area contributed by atoms with E-state index in [0.717, 1.165) is 29.6 Å². The molecule has 21 heavy (non-hydrogen) atoms. The molecule has 1 nitrogen and oxygen atoms in total. The Morgan fingerprint density at radius 2 is 2.00 bits per heavy atom. The summed E-state index contributed by atoms with van der Waals surface area (Å²) >= 11 is 0. The van der Waals surface area contributed by atoms with E-state index in [9.17, 15) is 5.11 Å². The van der Waals surface area contributed by atoms with Crippen molar-refractivity contribution in [2.24, 2.45) is 29.1 Å². The Labute approximate surface area is 128 Å². The Morgan fingerprint density at radius 3 is 2.81 bits per heavy atom. The summed E-state index contributed by atoms with van der Waals surface area (Å²) in [6, 6.07) is 6.13. The second-order valence-electron chi connectivity index (χ2n) is 8.34. The van der Waals surface area contributed by atoms with E-state index in [-0.39, 0.29) is 0 Å². The zero-order valence-corrected chi connectivity index (χ0v) is 13.6. The Kier molecular flexibility index (Phi) is 2.93. The van der Waals surface area contributed by atoms with E-state index in [1.165, 1.54) is 37.7 Å². The second kappa shape index (κ2) is 4.51. The van der Waals surface area contributed by atoms with Crippen LogP contribution < -0.4 is 0 Å². The summed E-state index contributed by atoms with van der Waals surface area (Å²) in [5.74, 6) is 4.77. The standard InChI is InChI=1S/C20H28O/c1-12-10-19-18-6-4-14-11-15(21)5-7-16(14)17(18)8-9-20(19,3)13(12)2/h5,7,11-13,17-19,21H,4,6,8-10H2,1-3H3/t12-,13+,17-,18-,19+,20-/m1/s1. The van der Waals surface area contributed by atoms with Crippen LogP contribution in [0.15, 0.2) is 18.2 Å². The van der Waals surface area contributed by atoms with Gasteiger partial charge in [0.2, 0.25) is 0 Å². The van der Waals surface area contributed by atoms with Gasteiger partial charge in [0.05, 0.1) is 0 Å². The lowest BCUT2D eigenvalue weighted by Gasteiger charge is -2.50. The van der Waals surface area contributed by atoms with E-state index in [4.69, 9.17) is 0 Å². The van der Waals surface area contributed by atoms with Gasteiger partial charge in [0.1, 0.15) is 5.75 Å². The highest BCUT2D eigenvalue weighted by Gasteiger charge is 2.55. The first kappa shape index (κ1) is 13.7. The molecule has 1 N–H and O–H groups in total. The van der Waals surface area contributed by atoms with Gasteiger partial charge in [-0.2, -0.15) is 0 Å². The first-order chi connectivity index (χ1) is 10.0. The van der Waals surface area contributed by atoms with E-state index >= 15 is 0 Å². The fourth-order valence-corrected chi connectivity index (χ4v) is 6.18. The number of hydrogen-bond acceptors (Lipinski definition) is 1. The summed E-state index contributed by atoms with van der Waals surface area (Å²) in [6.07, 6.45) is 6.68. The van der Waals surface area contributed by atoms with Gasteiger partial charge >= 0.3 is 0 Å². The van der Waals surface area contributed by atoms with Gasteiger partial charge in [-0.05, 0) is 90.4 Å². The van der Waals surface area contributed by atoms with Crippen molar-refractivity contribution in [1.29, 1.82) is 0 Å². The number of phenolic OH excluding ortho intramolecular Hbond substituents is 1. The molecule has 114 valence electrons. The van der Waals surface area contributed by atoms with Crippen LogP contribution in [-0.2, 0) is 6.42 Å². The van der Waals surface area contributed by atoms with Gasteiger partial charge in [0.15, 0.2) is 0 Å². The molecule has 0 amide bonds. The van der Waals surface area contributed by atoms with Gasteiger partial charge in [-0.25, -0.2) is 0 Å². The molecule has 0 spiro atoms. The van der Waals surface area contributed by atoms with Gasteiger partial charge < -0.3 is 5.11 Å². The smallest absolute Gasteiger partial charge is 0.115 e. The molecule has 0 saturated heterocycles. The van der Waals surface area contributed by atoms with Crippen molar-refractivity contribution in [1.82, 2.24) is 0 Å². The summed E-state index contributed by atoms with van der Waals surface area (Å²) in [4.78, 5) is 0. The monoisotopic (exact) mass is 284 g/mol. The molecule has 2 saturated carbocycles. The minimum absolute atomic E-state index is 0.441. The van der Waals surface area contributed by atoms with Crippen LogP contribution >= 0.6 is 0 Å². The second-order valence-corrected chi connectivity index (χ2v) is 8.34.